The van der Waals surface area contributed by atoms with Gasteiger partial charge in [-0.1, -0.05) is 72.9 Å². The summed E-state index contributed by atoms with van der Waals surface area (Å²) < 4.78 is 35.1. The van der Waals surface area contributed by atoms with Crippen LogP contribution in [-0.4, -0.2) is 50.4 Å². The van der Waals surface area contributed by atoms with Crippen molar-refractivity contribution >= 4 is 50.7 Å². The Hall–Kier alpha value is -3.27. The fourth-order valence-corrected chi connectivity index (χ4v) is 6.23. The number of benzene rings is 3. The fourth-order valence-electron chi connectivity index (χ4n) is 4.49. The first-order valence-electron chi connectivity index (χ1n) is 14.3. The maximum atomic E-state index is 14.3. The van der Waals surface area contributed by atoms with Crippen LogP contribution in [0.1, 0.15) is 51.7 Å². The molecule has 0 spiro atoms. The summed E-state index contributed by atoms with van der Waals surface area (Å²) >= 11 is 12.4. The number of aryl methyl sites for hydroxylation is 1. The van der Waals surface area contributed by atoms with Gasteiger partial charge in [0.05, 0.1) is 27.2 Å². The van der Waals surface area contributed by atoms with Gasteiger partial charge in [0.15, 0.2) is 0 Å². The van der Waals surface area contributed by atoms with E-state index in [1.807, 2.05) is 20.8 Å². The minimum absolute atomic E-state index is 0.00762. The molecule has 3 rings (SSSR count). The smallest absolute Gasteiger partial charge is 0.264 e. The molecule has 0 unspecified atom stereocenters. The quantitative estimate of drug-likeness (QED) is 0.212. The highest BCUT2D eigenvalue weighted by Crippen LogP contribution is 2.33. The molecule has 0 saturated heterocycles. The van der Waals surface area contributed by atoms with Crippen molar-refractivity contribution in [2.75, 3.05) is 17.5 Å². The summed E-state index contributed by atoms with van der Waals surface area (Å²) in [7, 11) is -4.23. The van der Waals surface area contributed by atoms with Gasteiger partial charge in [0.1, 0.15) is 18.3 Å². The van der Waals surface area contributed by atoms with E-state index in [0.717, 1.165) is 9.87 Å². The number of sulfonamides is 1. The Balaban J connectivity index is 2.12. The first-order valence-corrected chi connectivity index (χ1v) is 16.5. The van der Waals surface area contributed by atoms with Crippen molar-refractivity contribution in [1.82, 2.24) is 10.2 Å². The number of para-hydroxylation sites is 2. The zero-order valence-corrected chi connectivity index (χ0v) is 27.5. The zero-order chi connectivity index (χ0) is 31.7. The molecule has 1 N–H and O–H groups in total. The van der Waals surface area contributed by atoms with Crippen LogP contribution in [0.2, 0.25) is 10.0 Å². The molecule has 11 heteroatoms. The van der Waals surface area contributed by atoms with Gasteiger partial charge in [0.2, 0.25) is 11.8 Å². The third-order valence-corrected chi connectivity index (χ3v) is 9.56. The molecule has 8 nitrogen and oxygen atoms in total. The Labute approximate surface area is 265 Å². The molecule has 0 fully saturated rings. The Morgan fingerprint density at radius 1 is 0.930 bits per heavy atom. The van der Waals surface area contributed by atoms with Crippen molar-refractivity contribution in [2.45, 2.75) is 71.0 Å². The number of hydrogen-bond donors (Lipinski definition) is 1. The molecule has 0 aromatic heterocycles. The Bertz CT molecular complexity index is 1520. The number of nitrogens with one attached hydrogen (secondary N) is 1. The van der Waals surface area contributed by atoms with Gasteiger partial charge in [-0.25, -0.2) is 8.42 Å². The van der Waals surface area contributed by atoms with Crippen molar-refractivity contribution in [1.29, 1.82) is 0 Å². The number of nitrogens with zero attached hydrogens (tertiary/aromatic N) is 2. The molecule has 0 aliphatic carbocycles. The Morgan fingerprint density at radius 3 is 2.21 bits per heavy atom. The molecule has 0 heterocycles. The lowest BCUT2D eigenvalue weighted by molar-refractivity contribution is -0.140. The summed E-state index contributed by atoms with van der Waals surface area (Å²) in [5, 5.41) is 3.62. The monoisotopic (exact) mass is 647 g/mol. The molecule has 3 aromatic carbocycles. The maximum Gasteiger partial charge on any atom is 0.264 e. The van der Waals surface area contributed by atoms with Crippen LogP contribution in [0.3, 0.4) is 0 Å². The third-order valence-electron chi connectivity index (χ3n) is 7.05. The average molecular weight is 649 g/mol. The van der Waals surface area contributed by atoms with E-state index in [9.17, 15) is 18.0 Å². The van der Waals surface area contributed by atoms with Gasteiger partial charge in [0.25, 0.3) is 10.0 Å². The summed E-state index contributed by atoms with van der Waals surface area (Å²) in [6.07, 6.45) is 1.01. The van der Waals surface area contributed by atoms with Gasteiger partial charge < -0.3 is 15.0 Å². The van der Waals surface area contributed by atoms with E-state index in [-0.39, 0.29) is 29.1 Å². The second-order valence-corrected chi connectivity index (χ2v) is 12.9. The van der Waals surface area contributed by atoms with E-state index in [1.54, 1.807) is 68.4 Å². The topological polar surface area (TPSA) is 96.0 Å². The van der Waals surface area contributed by atoms with E-state index >= 15 is 0 Å². The highest BCUT2D eigenvalue weighted by molar-refractivity contribution is 7.92. The first-order chi connectivity index (χ1) is 20.4. The highest BCUT2D eigenvalue weighted by atomic mass is 35.5. The predicted octanol–water partition coefficient (Wildman–Crippen LogP) is 6.62. The van der Waals surface area contributed by atoms with Gasteiger partial charge in [-0.2, -0.15) is 0 Å². The van der Waals surface area contributed by atoms with Gasteiger partial charge in [-0.3, -0.25) is 13.9 Å². The van der Waals surface area contributed by atoms with Crippen LogP contribution in [-0.2, 0) is 26.2 Å². The lowest BCUT2D eigenvalue weighted by atomic mass is 10.1. The van der Waals surface area contributed by atoms with Crippen LogP contribution in [0, 0.1) is 6.92 Å². The summed E-state index contributed by atoms with van der Waals surface area (Å²) in [5.41, 5.74) is 1.74. The first kappa shape index (κ1) is 34.2. The van der Waals surface area contributed by atoms with E-state index in [2.05, 4.69) is 5.32 Å². The Morgan fingerprint density at radius 2 is 1.60 bits per heavy atom. The number of halogens is 2. The number of carbonyl (C=O) groups excluding carboxylic acids is 2. The van der Waals surface area contributed by atoms with Crippen molar-refractivity contribution in [2.24, 2.45) is 0 Å². The molecular formula is C32H39Cl2N3O5S. The minimum Gasteiger partial charge on any atom is -0.492 e. The second kappa shape index (κ2) is 15.5. The zero-order valence-electron chi connectivity index (χ0n) is 25.1. The Kier molecular flexibility index (Phi) is 12.3. The lowest BCUT2D eigenvalue weighted by Gasteiger charge is -2.34. The molecule has 0 saturated carbocycles. The van der Waals surface area contributed by atoms with Crippen molar-refractivity contribution in [3.05, 3.63) is 87.9 Å². The molecule has 0 radical (unpaired) electrons. The van der Waals surface area contributed by atoms with Crippen LogP contribution in [0.4, 0.5) is 5.69 Å². The summed E-state index contributed by atoms with van der Waals surface area (Å²) in [6, 6.07) is 17.1. The van der Waals surface area contributed by atoms with Crippen LogP contribution >= 0.6 is 23.2 Å². The average Bonchev–Trinajstić information content (AvgIpc) is 2.98. The van der Waals surface area contributed by atoms with Crippen LogP contribution in [0.5, 0.6) is 5.75 Å². The molecule has 0 bridgehead atoms. The highest BCUT2D eigenvalue weighted by Gasteiger charge is 2.35. The maximum absolute atomic E-state index is 14.3. The number of ether oxygens (including phenoxy) is 1. The number of hydrogen-bond acceptors (Lipinski definition) is 5. The predicted molar refractivity (Wildman–Crippen MR) is 172 cm³/mol. The molecule has 2 atom stereocenters. The van der Waals surface area contributed by atoms with Crippen LogP contribution in [0.15, 0.2) is 71.6 Å². The summed E-state index contributed by atoms with van der Waals surface area (Å²) in [5.74, 6) is -0.585. The fraction of sp³-hybridized carbons (Fsp3) is 0.375. The van der Waals surface area contributed by atoms with Gasteiger partial charge in [0, 0.05) is 12.6 Å². The van der Waals surface area contributed by atoms with Gasteiger partial charge in [-0.15, -0.1) is 0 Å². The van der Waals surface area contributed by atoms with Gasteiger partial charge in [-0.05, 0) is 75.6 Å². The molecule has 43 heavy (non-hydrogen) atoms. The molecular weight excluding hydrogens is 609 g/mol. The number of amides is 2. The van der Waals surface area contributed by atoms with Crippen molar-refractivity contribution in [3.8, 4) is 5.75 Å². The minimum atomic E-state index is -4.23. The number of carbonyl (C=O) groups is 2. The molecule has 0 aliphatic heterocycles. The summed E-state index contributed by atoms with van der Waals surface area (Å²) in [4.78, 5) is 29.2. The van der Waals surface area contributed by atoms with E-state index in [0.29, 0.717) is 40.8 Å². The SMILES string of the molecule is CCOc1ccccc1N(CC(=O)N(Cc1ccc(Cl)c(Cl)c1)[C@H](CC)C(=O)N[C@@H](C)CC)S(=O)(=O)c1ccc(C)cc1. The van der Waals surface area contributed by atoms with Crippen molar-refractivity contribution in [3.63, 3.8) is 0 Å². The van der Waals surface area contributed by atoms with E-state index in [1.165, 1.54) is 17.0 Å². The van der Waals surface area contributed by atoms with Crippen LogP contribution in [0.25, 0.3) is 0 Å². The molecule has 2 amide bonds. The standard InChI is InChI=1S/C32H39Cl2N3O5S/c1-6-23(5)35-32(39)28(7-2)36(20-24-15-18-26(33)27(34)19-24)31(38)21-37(29-11-9-10-12-30(29)42-8-3)43(40,41)25-16-13-22(4)14-17-25/h9-19,23,28H,6-8,20-21H2,1-5H3,(H,35,39)/t23-,28+/m0/s1. The van der Waals surface area contributed by atoms with Gasteiger partial charge >= 0.3 is 0 Å². The van der Waals surface area contributed by atoms with Crippen molar-refractivity contribution < 1.29 is 22.7 Å². The van der Waals surface area contributed by atoms with E-state index in [4.69, 9.17) is 27.9 Å². The lowest BCUT2D eigenvalue weighted by Crippen LogP contribution is -2.53. The normalized spacial score (nSPS) is 12.7. The largest absolute Gasteiger partial charge is 0.492 e. The second-order valence-electron chi connectivity index (χ2n) is 10.2. The van der Waals surface area contributed by atoms with Crippen LogP contribution < -0.4 is 14.4 Å². The number of rotatable bonds is 14. The molecule has 3 aromatic rings. The molecule has 0 aliphatic rings. The number of anilines is 1. The summed E-state index contributed by atoms with van der Waals surface area (Å²) in [6.45, 7) is 9.02. The molecule has 232 valence electrons. The van der Waals surface area contributed by atoms with E-state index < -0.39 is 28.5 Å². The third kappa shape index (κ3) is 8.65.